The fraction of sp³-hybridized carbons (Fsp3) is 0.263. The molecule has 0 bridgehead atoms. The monoisotopic (exact) mass is 309 g/mol. The number of hydrogen-bond donors (Lipinski definition) is 1. The van der Waals surface area contributed by atoms with Crippen LogP contribution >= 0.6 is 0 Å². The predicted molar refractivity (Wildman–Crippen MR) is 88.7 cm³/mol. The van der Waals surface area contributed by atoms with Gasteiger partial charge in [-0.1, -0.05) is 29.8 Å². The van der Waals surface area contributed by atoms with Gasteiger partial charge in [-0.3, -0.25) is 0 Å². The Balaban J connectivity index is 1.83. The lowest BCUT2D eigenvalue weighted by atomic mass is 9.83. The molecule has 1 aliphatic rings. The van der Waals surface area contributed by atoms with E-state index in [-0.39, 0.29) is 5.75 Å². The molecule has 23 heavy (non-hydrogen) atoms. The third-order valence-electron chi connectivity index (χ3n) is 4.04. The highest BCUT2D eigenvalue weighted by atomic mass is 16.7. The molecule has 0 radical (unpaired) electrons. The number of nitrogens with zero attached hydrogens (tertiary/aromatic N) is 1. The van der Waals surface area contributed by atoms with Crippen molar-refractivity contribution in [3.63, 3.8) is 0 Å². The fourth-order valence-corrected chi connectivity index (χ4v) is 2.84. The van der Waals surface area contributed by atoms with Crippen molar-refractivity contribution in [2.45, 2.75) is 26.7 Å². The lowest BCUT2D eigenvalue weighted by Gasteiger charge is -2.22. The summed E-state index contributed by atoms with van der Waals surface area (Å²) >= 11 is 0. The highest BCUT2D eigenvalue weighted by molar-refractivity contribution is 6.03. The number of phenolic OH excluding ortho intramolecular Hbond substituents is 1. The summed E-state index contributed by atoms with van der Waals surface area (Å²) in [5.74, 6) is 0.172. The average molecular weight is 309 g/mol. The van der Waals surface area contributed by atoms with Crippen LogP contribution in [0.15, 0.2) is 47.6 Å². The predicted octanol–water partition coefficient (Wildman–Crippen LogP) is 3.84. The lowest BCUT2D eigenvalue weighted by molar-refractivity contribution is 0.0515. The van der Waals surface area contributed by atoms with Gasteiger partial charge in [-0.2, -0.15) is 0 Å². The van der Waals surface area contributed by atoms with Crippen molar-refractivity contribution in [3.8, 4) is 5.75 Å². The van der Waals surface area contributed by atoms with Gasteiger partial charge >= 0.3 is 5.97 Å². The SMILES string of the molecule is Cc1ccc(C(=O)O/N=C2\C[C@H](C)Cc3cc(O)ccc32)cc1. The number of carbonyl (C=O) groups is 1. The van der Waals surface area contributed by atoms with Crippen LogP contribution in [0.3, 0.4) is 0 Å². The van der Waals surface area contributed by atoms with Gasteiger partial charge in [-0.05, 0) is 61.6 Å². The molecule has 3 rings (SSSR count). The van der Waals surface area contributed by atoms with Gasteiger partial charge in [0.2, 0.25) is 0 Å². The van der Waals surface area contributed by atoms with Gasteiger partial charge in [-0.25, -0.2) is 4.79 Å². The first-order valence-electron chi connectivity index (χ1n) is 7.70. The molecule has 1 aliphatic carbocycles. The van der Waals surface area contributed by atoms with Crippen molar-refractivity contribution in [1.82, 2.24) is 0 Å². The Bertz CT molecular complexity index is 763. The summed E-state index contributed by atoms with van der Waals surface area (Å²) in [6.07, 6.45) is 1.63. The molecule has 0 saturated carbocycles. The summed E-state index contributed by atoms with van der Waals surface area (Å²) in [6.45, 7) is 4.08. The first-order valence-corrected chi connectivity index (χ1v) is 7.70. The summed E-state index contributed by atoms with van der Waals surface area (Å²) in [5, 5.41) is 13.7. The lowest BCUT2D eigenvalue weighted by Crippen LogP contribution is -2.19. The summed E-state index contributed by atoms with van der Waals surface area (Å²) in [5.41, 5.74) is 4.29. The highest BCUT2D eigenvalue weighted by Crippen LogP contribution is 2.28. The van der Waals surface area contributed by atoms with E-state index in [1.54, 1.807) is 24.3 Å². The van der Waals surface area contributed by atoms with E-state index < -0.39 is 5.97 Å². The average Bonchev–Trinajstić information content (AvgIpc) is 2.52. The molecular weight excluding hydrogens is 290 g/mol. The van der Waals surface area contributed by atoms with Crippen LogP contribution in [0.25, 0.3) is 0 Å². The van der Waals surface area contributed by atoms with E-state index in [1.165, 1.54) is 0 Å². The topological polar surface area (TPSA) is 58.9 Å². The van der Waals surface area contributed by atoms with Crippen LogP contribution in [-0.2, 0) is 11.3 Å². The third-order valence-corrected chi connectivity index (χ3v) is 4.04. The summed E-state index contributed by atoms with van der Waals surface area (Å²) < 4.78 is 0. The molecule has 0 aromatic heterocycles. The summed E-state index contributed by atoms with van der Waals surface area (Å²) in [7, 11) is 0. The zero-order valence-corrected chi connectivity index (χ0v) is 13.2. The summed E-state index contributed by atoms with van der Waals surface area (Å²) in [6, 6.07) is 12.4. The number of aryl methyl sites for hydroxylation is 1. The molecule has 4 heteroatoms. The molecule has 0 saturated heterocycles. The van der Waals surface area contributed by atoms with Gasteiger partial charge in [0.25, 0.3) is 0 Å². The minimum Gasteiger partial charge on any atom is -0.508 e. The quantitative estimate of drug-likeness (QED) is 0.677. The Morgan fingerprint density at radius 2 is 1.91 bits per heavy atom. The second kappa shape index (κ2) is 6.24. The first kappa shape index (κ1) is 15.3. The Kier molecular flexibility index (Phi) is 4.15. The van der Waals surface area contributed by atoms with Crippen molar-refractivity contribution in [3.05, 3.63) is 64.7 Å². The Labute approximate surface area is 135 Å². The van der Waals surface area contributed by atoms with Gasteiger partial charge in [-0.15, -0.1) is 0 Å². The molecule has 0 unspecified atom stereocenters. The number of benzene rings is 2. The largest absolute Gasteiger partial charge is 0.508 e. The maximum Gasteiger partial charge on any atom is 0.365 e. The van der Waals surface area contributed by atoms with E-state index >= 15 is 0 Å². The minimum atomic E-state index is -0.462. The second-order valence-corrected chi connectivity index (χ2v) is 6.14. The van der Waals surface area contributed by atoms with Crippen molar-refractivity contribution in [1.29, 1.82) is 0 Å². The first-order chi connectivity index (χ1) is 11.0. The van der Waals surface area contributed by atoms with E-state index in [4.69, 9.17) is 4.84 Å². The minimum absolute atomic E-state index is 0.244. The van der Waals surface area contributed by atoms with Crippen LogP contribution in [0.2, 0.25) is 0 Å². The maximum absolute atomic E-state index is 12.1. The van der Waals surface area contributed by atoms with Crippen molar-refractivity contribution in [2.24, 2.45) is 11.1 Å². The number of oxime groups is 1. The van der Waals surface area contributed by atoms with E-state index in [2.05, 4.69) is 12.1 Å². The van der Waals surface area contributed by atoms with Gasteiger partial charge in [0.1, 0.15) is 5.75 Å². The molecule has 0 spiro atoms. The van der Waals surface area contributed by atoms with E-state index in [0.29, 0.717) is 11.5 Å². The summed E-state index contributed by atoms with van der Waals surface area (Å²) in [4.78, 5) is 17.2. The molecule has 0 heterocycles. The van der Waals surface area contributed by atoms with E-state index in [0.717, 1.165) is 35.2 Å². The zero-order chi connectivity index (χ0) is 16.4. The van der Waals surface area contributed by atoms with Crippen LogP contribution in [0, 0.1) is 12.8 Å². The molecule has 2 aromatic rings. The Morgan fingerprint density at radius 1 is 1.17 bits per heavy atom. The van der Waals surface area contributed by atoms with Crippen LogP contribution < -0.4 is 0 Å². The standard InChI is InChI=1S/C19H19NO3/c1-12-3-5-14(6-4-12)19(22)23-20-18-10-13(2)9-15-11-16(21)7-8-17(15)18/h3-8,11,13,21H,9-10H2,1-2H3/b20-18+/t13-/m1/s1. The molecule has 0 aliphatic heterocycles. The van der Waals surface area contributed by atoms with E-state index in [1.807, 2.05) is 25.1 Å². The Hall–Kier alpha value is -2.62. The molecule has 1 N–H and O–H groups in total. The number of phenols is 1. The molecule has 2 aromatic carbocycles. The number of aromatic hydroxyl groups is 1. The Morgan fingerprint density at radius 3 is 2.65 bits per heavy atom. The fourth-order valence-electron chi connectivity index (χ4n) is 2.84. The zero-order valence-electron chi connectivity index (χ0n) is 13.2. The van der Waals surface area contributed by atoms with Gasteiger partial charge in [0, 0.05) is 5.56 Å². The maximum atomic E-state index is 12.1. The van der Waals surface area contributed by atoms with Crippen LogP contribution in [0.1, 0.15) is 40.4 Å². The molecule has 1 atom stereocenters. The number of hydrogen-bond acceptors (Lipinski definition) is 4. The normalized spacial score (nSPS) is 18.5. The smallest absolute Gasteiger partial charge is 0.365 e. The molecule has 118 valence electrons. The van der Waals surface area contributed by atoms with Crippen molar-refractivity contribution >= 4 is 11.7 Å². The molecule has 0 amide bonds. The second-order valence-electron chi connectivity index (χ2n) is 6.14. The van der Waals surface area contributed by atoms with E-state index in [9.17, 15) is 9.90 Å². The number of rotatable bonds is 2. The van der Waals surface area contributed by atoms with Gasteiger partial charge in [0.15, 0.2) is 0 Å². The third kappa shape index (κ3) is 3.42. The number of fused-ring (bicyclic) bond motifs is 1. The molecule has 4 nitrogen and oxygen atoms in total. The molecular formula is C19H19NO3. The van der Waals surface area contributed by atoms with Gasteiger partial charge in [0.05, 0.1) is 11.3 Å². The molecule has 0 fully saturated rings. The van der Waals surface area contributed by atoms with Crippen molar-refractivity contribution < 1.29 is 14.7 Å². The van der Waals surface area contributed by atoms with Crippen LogP contribution in [0.4, 0.5) is 0 Å². The van der Waals surface area contributed by atoms with Crippen LogP contribution in [0.5, 0.6) is 5.75 Å². The number of carbonyl (C=O) groups excluding carboxylic acids is 1. The van der Waals surface area contributed by atoms with Gasteiger partial charge < -0.3 is 9.94 Å². The van der Waals surface area contributed by atoms with Crippen molar-refractivity contribution in [2.75, 3.05) is 0 Å². The highest BCUT2D eigenvalue weighted by Gasteiger charge is 2.22. The van der Waals surface area contributed by atoms with Crippen LogP contribution in [-0.4, -0.2) is 16.8 Å².